The molecular formula is C5H10N4O. The van der Waals surface area contributed by atoms with Crippen LogP contribution < -0.4 is 5.73 Å². The molecule has 56 valence electrons. The van der Waals surface area contributed by atoms with E-state index < -0.39 is 0 Å². The first-order chi connectivity index (χ1) is 4.83. The monoisotopic (exact) mass is 142 g/mol. The van der Waals surface area contributed by atoms with Gasteiger partial charge in [0, 0.05) is 7.11 Å². The van der Waals surface area contributed by atoms with Crippen LogP contribution in [0.25, 0.3) is 0 Å². The summed E-state index contributed by atoms with van der Waals surface area (Å²) in [6.45, 7) is 0.538. The number of ether oxygens (including phenoxy) is 1. The van der Waals surface area contributed by atoms with Crippen molar-refractivity contribution in [1.29, 1.82) is 0 Å². The smallest absolute Gasteiger partial charge is 0.137 e. The van der Waals surface area contributed by atoms with Crippen LogP contribution >= 0.6 is 0 Å². The maximum atomic E-state index is 5.45. The van der Waals surface area contributed by atoms with E-state index in [-0.39, 0.29) is 6.23 Å². The zero-order valence-electron chi connectivity index (χ0n) is 5.77. The van der Waals surface area contributed by atoms with Crippen molar-refractivity contribution in [1.82, 2.24) is 14.8 Å². The molecule has 0 saturated heterocycles. The third-order valence-corrected chi connectivity index (χ3v) is 1.14. The Balaban J connectivity index is 2.40. The molecule has 0 aliphatic heterocycles. The highest BCUT2D eigenvalue weighted by atomic mass is 16.5. The number of nitrogens with two attached hydrogens (primary N) is 1. The molecule has 0 spiro atoms. The van der Waals surface area contributed by atoms with E-state index in [1.54, 1.807) is 18.1 Å². The van der Waals surface area contributed by atoms with E-state index in [1.807, 2.05) is 0 Å². The zero-order valence-corrected chi connectivity index (χ0v) is 5.77. The summed E-state index contributed by atoms with van der Waals surface area (Å²) in [4.78, 5) is 3.75. The summed E-state index contributed by atoms with van der Waals surface area (Å²) in [6.07, 6.45) is 2.75. The lowest BCUT2D eigenvalue weighted by atomic mass is 10.6. The topological polar surface area (TPSA) is 66.0 Å². The fraction of sp³-hybridized carbons (Fsp3) is 0.600. The maximum absolute atomic E-state index is 5.45. The molecule has 0 aromatic carbocycles. The van der Waals surface area contributed by atoms with Crippen LogP contribution in [0.15, 0.2) is 12.7 Å². The van der Waals surface area contributed by atoms with Gasteiger partial charge in [-0.15, -0.1) is 0 Å². The van der Waals surface area contributed by atoms with Gasteiger partial charge >= 0.3 is 0 Å². The Kier molecular flexibility index (Phi) is 2.35. The Morgan fingerprint density at radius 3 is 3.10 bits per heavy atom. The molecule has 0 saturated carbocycles. The highest BCUT2D eigenvalue weighted by Gasteiger charge is 1.99. The molecule has 1 heterocycles. The molecule has 0 amide bonds. The Hall–Kier alpha value is -0.940. The van der Waals surface area contributed by atoms with Crippen molar-refractivity contribution in [2.75, 3.05) is 7.11 Å². The minimum Gasteiger partial charge on any atom is -0.365 e. The van der Waals surface area contributed by atoms with Crippen molar-refractivity contribution in [2.24, 2.45) is 5.73 Å². The second-order valence-corrected chi connectivity index (χ2v) is 1.89. The summed E-state index contributed by atoms with van der Waals surface area (Å²) in [5.41, 5.74) is 5.45. The van der Waals surface area contributed by atoms with Gasteiger partial charge in [-0.25, -0.2) is 9.67 Å². The molecule has 0 aliphatic carbocycles. The molecule has 1 rings (SSSR count). The normalized spacial score (nSPS) is 13.4. The fourth-order valence-corrected chi connectivity index (χ4v) is 0.586. The van der Waals surface area contributed by atoms with Gasteiger partial charge in [-0.3, -0.25) is 0 Å². The molecule has 0 aliphatic rings. The molecule has 0 fully saturated rings. The highest BCUT2D eigenvalue weighted by molar-refractivity contribution is 4.57. The average Bonchev–Trinajstić information content (AvgIpc) is 2.40. The summed E-state index contributed by atoms with van der Waals surface area (Å²) >= 11 is 0. The van der Waals surface area contributed by atoms with Gasteiger partial charge in [-0.1, -0.05) is 0 Å². The Bertz CT molecular complexity index is 174. The Morgan fingerprint density at radius 1 is 1.80 bits per heavy atom. The van der Waals surface area contributed by atoms with Crippen molar-refractivity contribution < 1.29 is 4.74 Å². The van der Waals surface area contributed by atoms with E-state index in [1.165, 1.54) is 6.33 Å². The number of hydrogen-bond acceptors (Lipinski definition) is 4. The lowest BCUT2D eigenvalue weighted by molar-refractivity contribution is 0.0899. The van der Waals surface area contributed by atoms with Crippen LogP contribution in [0.2, 0.25) is 0 Å². The number of aromatic nitrogens is 3. The minimum absolute atomic E-state index is 0.304. The second kappa shape index (κ2) is 3.28. The molecular weight excluding hydrogens is 132 g/mol. The van der Waals surface area contributed by atoms with E-state index in [4.69, 9.17) is 10.5 Å². The summed E-state index contributed by atoms with van der Waals surface area (Å²) in [7, 11) is 1.56. The first-order valence-electron chi connectivity index (χ1n) is 2.93. The number of methoxy groups -OCH3 is 1. The fourth-order valence-electron chi connectivity index (χ4n) is 0.586. The molecule has 5 nitrogen and oxygen atoms in total. The van der Waals surface area contributed by atoms with Crippen molar-refractivity contribution >= 4 is 0 Å². The number of nitrogens with zero attached hydrogens (tertiary/aromatic N) is 3. The number of hydrogen-bond donors (Lipinski definition) is 1. The molecule has 1 aromatic heterocycles. The van der Waals surface area contributed by atoms with Crippen molar-refractivity contribution in [3.05, 3.63) is 12.7 Å². The lowest BCUT2D eigenvalue weighted by Gasteiger charge is -2.07. The predicted octanol–water partition coefficient (Wildman–Crippen LogP) is -0.791. The standard InChI is InChI=1S/C5H10N4O/c1-10-5(6)2-9-4-7-3-8-9/h3-5H,2,6H2,1H3. The van der Waals surface area contributed by atoms with Gasteiger partial charge in [0.25, 0.3) is 0 Å². The van der Waals surface area contributed by atoms with Gasteiger partial charge in [-0.05, 0) is 0 Å². The predicted molar refractivity (Wildman–Crippen MR) is 35.0 cm³/mol. The Morgan fingerprint density at radius 2 is 2.60 bits per heavy atom. The molecule has 1 atom stereocenters. The van der Waals surface area contributed by atoms with E-state index in [2.05, 4.69) is 10.1 Å². The second-order valence-electron chi connectivity index (χ2n) is 1.89. The zero-order chi connectivity index (χ0) is 7.40. The van der Waals surface area contributed by atoms with Crippen LogP contribution in [0.3, 0.4) is 0 Å². The largest absolute Gasteiger partial charge is 0.365 e. The summed E-state index contributed by atoms with van der Waals surface area (Å²) in [5.74, 6) is 0. The minimum atomic E-state index is -0.304. The summed E-state index contributed by atoms with van der Waals surface area (Å²) < 4.78 is 6.43. The summed E-state index contributed by atoms with van der Waals surface area (Å²) in [6, 6.07) is 0. The van der Waals surface area contributed by atoms with Crippen LogP contribution in [0.1, 0.15) is 0 Å². The summed E-state index contributed by atoms with van der Waals surface area (Å²) in [5, 5.41) is 3.85. The molecule has 5 heteroatoms. The van der Waals surface area contributed by atoms with E-state index >= 15 is 0 Å². The van der Waals surface area contributed by atoms with Crippen molar-refractivity contribution in [2.45, 2.75) is 12.8 Å². The van der Waals surface area contributed by atoms with E-state index in [0.29, 0.717) is 6.54 Å². The van der Waals surface area contributed by atoms with Crippen molar-refractivity contribution in [3.63, 3.8) is 0 Å². The molecule has 2 N–H and O–H groups in total. The SMILES string of the molecule is COC(N)Cn1cncn1. The van der Waals surface area contributed by atoms with Crippen LogP contribution in [0, 0.1) is 0 Å². The van der Waals surface area contributed by atoms with E-state index in [0.717, 1.165) is 0 Å². The van der Waals surface area contributed by atoms with Gasteiger partial charge in [0.2, 0.25) is 0 Å². The Labute approximate surface area is 58.8 Å². The van der Waals surface area contributed by atoms with Crippen LogP contribution in [-0.2, 0) is 11.3 Å². The van der Waals surface area contributed by atoms with Gasteiger partial charge in [0.15, 0.2) is 0 Å². The molecule has 1 aromatic rings. The first-order valence-corrected chi connectivity index (χ1v) is 2.93. The van der Waals surface area contributed by atoms with E-state index in [9.17, 15) is 0 Å². The third-order valence-electron chi connectivity index (χ3n) is 1.14. The van der Waals surface area contributed by atoms with Crippen LogP contribution in [0.4, 0.5) is 0 Å². The molecule has 1 unspecified atom stereocenters. The van der Waals surface area contributed by atoms with Gasteiger partial charge < -0.3 is 10.5 Å². The maximum Gasteiger partial charge on any atom is 0.137 e. The number of rotatable bonds is 3. The van der Waals surface area contributed by atoms with Gasteiger partial charge in [-0.2, -0.15) is 5.10 Å². The average molecular weight is 142 g/mol. The molecule has 0 radical (unpaired) electrons. The lowest BCUT2D eigenvalue weighted by Crippen LogP contribution is -2.28. The molecule has 0 bridgehead atoms. The van der Waals surface area contributed by atoms with Gasteiger partial charge in [0.1, 0.15) is 18.9 Å². The van der Waals surface area contributed by atoms with Crippen molar-refractivity contribution in [3.8, 4) is 0 Å². The first kappa shape index (κ1) is 7.17. The quantitative estimate of drug-likeness (QED) is 0.561. The van der Waals surface area contributed by atoms with Crippen LogP contribution in [0.5, 0.6) is 0 Å². The van der Waals surface area contributed by atoms with Crippen LogP contribution in [-0.4, -0.2) is 28.1 Å². The molecule has 10 heavy (non-hydrogen) atoms. The third kappa shape index (κ3) is 1.78. The van der Waals surface area contributed by atoms with Gasteiger partial charge in [0.05, 0.1) is 6.54 Å². The highest BCUT2D eigenvalue weighted by Crippen LogP contribution is 1.85.